The molecule has 0 unspecified atom stereocenters. The molecule has 0 aliphatic heterocycles. The number of nitrogens with zero attached hydrogens (tertiary/aromatic N) is 2. The Morgan fingerprint density at radius 2 is 2.05 bits per heavy atom. The summed E-state index contributed by atoms with van der Waals surface area (Å²) in [5, 5.41) is 3.53. The zero-order valence-corrected chi connectivity index (χ0v) is 13.2. The molecule has 1 aliphatic carbocycles. The van der Waals surface area contributed by atoms with E-state index in [-0.39, 0.29) is 0 Å². The maximum atomic E-state index is 5.65. The van der Waals surface area contributed by atoms with Crippen molar-refractivity contribution in [3.05, 3.63) is 23.7 Å². The van der Waals surface area contributed by atoms with Crippen LogP contribution < -0.4 is 5.32 Å². The fourth-order valence-electron chi connectivity index (χ4n) is 2.36. The number of rotatable bonds is 10. The molecule has 0 aromatic carbocycles. The fraction of sp³-hybridized carbons (Fsp3) is 0.750. The maximum Gasteiger partial charge on any atom is 0.122 e. The van der Waals surface area contributed by atoms with Crippen molar-refractivity contribution in [1.82, 2.24) is 15.1 Å². The van der Waals surface area contributed by atoms with Crippen LogP contribution in [0.25, 0.3) is 0 Å². The van der Waals surface area contributed by atoms with Gasteiger partial charge in [0.1, 0.15) is 5.76 Å². The first-order valence-electron chi connectivity index (χ1n) is 7.84. The number of nitrogens with one attached hydrogen (secondary N) is 1. The molecule has 1 fully saturated rings. The van der Waals surface area contributed by atoms with E-state index in [2.05, 4.69) is 42.2 Å². The van der Waals surface area contributed by atoms with Crippen LogP contribution in [0.2, 0.25) is 0 Å². The summed E-state index contributed by atoms with van der Waals surface area (Å²) < 4.78 is 5.65. The lowest BCUT2D eigenvalue weighted by Crippen LogP contribution is -2.32. The molecule has 4 nitrogen and oxygen atoms in total. The van der Waals surface area contributed by atoms with Gasteiger partial charge in [0.25, 0.3) is 0 Å². The third kappa shape index (κ3) is 5.27. The van der Waals surface area contributed by atoms with Crippen LogP contribution in [-0.4, -0.2) is 49.6 Å². The lowest BCUT2D eigenvalue weighted by Gasteiger charge is -2.23. The Kier molecular flexibility index (Phi) is 6.07. The van der Waals surface area contributed by atoms with E-state index in [4.69, 9.17) is 4.42 Å². The highest BCUT2D eigenvalue weighted by Crippen LogP contribution is 2.20. The number of hydrogen-bond acceptors (Lipinski definition) is 4. The van der Waals surface area contributed by atoms with Crippen LogP contribution in [0.15, 0.2) is 16.7 Å². The van der Waals surface area contributed by atoms with Gasteiger partial charge in [0.05, 0.1) is 12.8 Å². The Hall–Kier alpha value is -0.840. The summed E-state index contributed by atoms with van der Waals surface area (Å²) in [6, 6.07) is 2.86. The van der Waals surface area contributed by atoms with Crippen molar-refractivity contribution in [2.75, 3.05) is 33.7 Å². The van der Waals surface area contributed by atoms with Gasteiger partial charge in [-0.2, -0.15) is 0 Å². The molecule has 20 heavy (non-hydrogen) atoms. The topological polar surface area (TPSA) is 31.6 Å². The van der Waals surface area contributed by atoms with Gasteiger partial charge in [-0.15, -0.1) is 0 Å². The van der Waals surface area contributed by atoms with Crippen LogP contribution in [0, 0.1) is 0 Å². The standard InChI is InChI=1S/C16H29N3O/c1-4-8-19(10-9-18(2)3)13-14-7-11-20-16(14)12-17-15-5-6-15/h7,11,15,17H,4-6,8-10,12-13H2,1-3H3. The molecule has 1 N–H and O–H groups in total. The average molecular weight is 279 g/mol. The minimum absolute atomic E-state index is 0.730. The Balaban J connectivity index is 1.85. The Morgan fingerprint density at radius 1 is 1.25 bits per heavy atom. The van der Waals surface area contributed by atoms with Gasteiger partial charge in [0.2, 0.25) is 0 Å². The Bertz CT molecular complexity index is 385. The number of likely N-dealkylation sites (N-methyl/N-ethyl adjacent to an activating group) is 1. The van der Waals surface area contributed by atoms with Crippen LogP contribution in [0.1, 0.15) is 37.5 Å². The molecule has 2 rings (SSSR count). The van der Waals surface area contributed by atoms with E-state index in [0.717, 1.165) is 44.5 Å². The Labute approximate surface area is 123 Å². The largest absolute Gasteiger partial charge is 0.468 e. The minimum atomic E-state index is 0.730. The molecule has 1 saturated carbocycles. The van der Waals surface area contributed by atoms with Crippen molar-refractivity contribution in [2.45, 2.75) is 45.3 Å². The van der Waals surface area contributed by atoms with Crippen molar-refractivity contribution in [3.8, 4) is 0 Å². The average Bonchev–Trinajstić information content (AvgIpc) is 3.14. The molecule has 114 valence electrons. The monoisotopic (exact) mass is 279 g/mol. The van der Waals surface area contributed by atoms with Gasteiger partial charge in [-0.05, 0) is 46.0 Å². The first-order valence-corrected chi connectivity index (χ1v) is 7.84. The SMILES string of the molecule is CCCN(CCN(C)C)Cc1ccoc1CNC1CC1. The van der Waals surface area contributed by atoms with Gasteiger partial charge < -0.3 is 14.6 Å². The van der Waals surface area contributed by atoms with E-state index in [0.29, 0.717) is 0 Å². The number of hydrogen-bond donors (Lipinski definition) is 1. The molecule has 4 heteroatoms. The smallest absolute Gasteiger partial charge is 0.122 e. The highest BCUT2D eigenvalue weighted by molar-refractivity contribution is 5.17. The fourth-order valence-corrected chi connectivity index (χ4v) is 2.36. The van der Waals surface area contributed by atoms with Crippen LogP contribution >= 0.6 is 0 Å². The molecule has 1 aliphatic rings. The van der Waals surface area contributed by atoms with E-state index < -0.39 is 0 Å². The predicted octanol–water partition coefficient (Wildman–Crippen LogP) is 2.31. The minimum Gasteiger partial charge on any atom is -0.468 e. The first-order chi connectivity index (χ1) is 9.69. The van der Waals surface area contributed by atoms with E-state index in [1.54, 1.807) is 0 Å². The van der Waals surface area contributed by atoms with Crippen molar-refractivity contribution < 1.29 is 4.42 Å². The van der Waals surface area contributed by atoms with Gasteiger partial charge >= 0.3 is 0 Å². The molecule has 1 aromatic rings. The summed E-state index contributed by atoms with van der Waals surface area (Å²) >= 11 is 0. The van der Waals surface area contributed by atoms with Gasteiger partial charge in [-0.3, -0.25) is 4.90 Å². The van der Waals surface area contributed by atoms with Gasteiger partial charge in [0.15, 0.2) is 0 Å². The summed E-state index contributed by atoms with van der Waals surface area (Å²) in [7, 11) is 4.26. The second kappa shape index (κ2) is 7.81. The van der Waals surface area contributed by atoms with Gasteiger partial charge in [-0.1, -0.05) is 6.92 Å². The van der Waals surface area contributed by atoms with E-state index >= 15 is 0 Å². The van der Waals surface area contributed by atoms with Crippen LogP contribution in [0.3, 0.4) is 0 Å². The zero-order chi connectivity index (χ0) is 14.4. The molecule has 0 amide bonds. The maximum absolute atomic E-state index is 5.65. The summed E-state index contributed by atoms with van der Waals surface area (Å²) in [4.78, 5) is 4.76. The lowest BCUT2D eigenvalue weighted by molar-refractivity contribution is 0.232. The van der Waals surface area contributed by atoms with Crippen LogP contribution in [0.4, 0.5) is 0 Å². The molecule has 1 heterocycles. The quantitative estimate of drug-likeness (QED) is 0.712. The molecule has 0 radical (unpaired) electrons. The molecule has 1 aromatic heterocycles. The summed E-state index contributed by atoms with van der Waals surface area (Å²) in [5.74, 6) is 1.11. The summed E-state index contributed by atoms with van der Waals surface area (Å²) in [6.07, 6.45) is 5.66. The van der Waals surface area contributed by atoms with Crippen molar-refractivity contribution >= 4 is 0 Å². The number of furan rings is 1. The molecular weight excluding hydrogens is 250 g/mol. The normalized spacial score (nSPS) is 15.4. The van der Waals surface area contributed by atoms with Gasteiger partial charge in [-0.25, -0.2) is 0 Å². The summed E-state index contributed by atoms with van der Waals surface area (Å²) in [5.41, 5.74) is 1.34. The molecular formula is C16H29N3O. The highest BCUT2D eigenvalue weighted by Gasteiger charge is 2.21. The summed E-state index contributed by atoms with van der Waals surface area (Å²) in [6.45, 7) is 7.48. The third-order valence-electron chi connectivity index (χ3n) is 3.76. The second-order valence-electron chi connectivity index (χ2n) is 6.10. The van der Waals surface area contributed by atoms with E-state index in [9.17, 15) is 0 Å². The second-order valence-corrected chi connectivity index (χ2v) is 6.10. The predicted molar refractivity (Wildman–Crippen MR) is 82.7 cm³/mol. The van der Waals surface area contributed by atoms with Crippen LogP contribution in [-0.2, 0) is 13.1 Å². The highest BCUT2D eigenvalue weighted by atomic mass is 16.3. The van der Waals surface area contributed by atoms with Crippen molar-refractivity contribution in [2.24, 2.45) is 0 Å². The molecule has 0 spiro atoms. The van der Waals surface area contributed by atoms with E-state index in [1.807, 2.05) is 6.26 Å². The Morgan fingerprint density at radius 3 is 2.70 bits per heavy atom. The van der Waals surface area contributed by atoms with E-state index in [1.165, 1.54) is 24.8 Å². The van der Waals surface area contributed by atoms with Crippen molar-refractivity contribution in [3.63, 3.8) is 0 Å². The van der Waals surface area contributed by atoms with Crippen molar-refractivity contribution in [1.29, 1.82) is 0 Å². The lowest BCUT2D eigenvalue weighted by atomic mass is 10.2. The zero-order valence-electron chi connectivity index (χ0n) is 13.2. The van der Waals surface area contributed by atoms with Crippen LogP contribution in [0.5, 0.6) is 0 Å². The third-order valence-corrected chi connectivity index (χ3v) is 3.76. The molecule has 0 bridgehead atoms. The first kappa shape index (κ1) is 15.5. The molecule has 0 atom stereocenters. The van der Waals surface area contributed by atoms with Gasteiger partial charge in [0, 0.05) is 31.2 Å². The molecule has 0 saturated heterocycles.